The number of benzene rings is 1. The Balaban J connectivity index is 2.55. The SMILES string of the molecule is COC/C=C\C#Cc1ccc(F)cc1. The first-order valence-corrected chi connectivity index (χ1v) is 4.24. The summed E-state index contributed by atoms with van der Waals surface area (Å²) in [7, 11) is 1.62. The van der Waals surface area contributed by atoms with Gasteiger partial charge in [0.15, 0.2) is 0 Å². The van der Waals surface area contributed by atoms with Crippen LogP contribution in [0.2, 0.25) is 0 Å². The Labute approximate surface area is 83.2 Å². The maximum absolute atomic E-state index is 12.5. The molecule has 0 heterocycles. The Morgan fingerprint density at radius 1 is 1.36 bits per heavy atom. The van der Waals surface area contributed by atoms with Gasteiger partial charge in [-0.1, -0.05) is 17.9 Å². The summed E-state index contributed by atoms with van der Waals surface area (Å²) in [6, 6.07) is 6.07. The van der Waals surface area contributed by atoms with Crippen molar-refractivity contribution in [3.8, 4) is 11.8 Å². The first-order valence-electron chi connectivity index (χ1n) is 4.24. The van der Waals surface area contributed by atoms with Crippen molar-refractivity contribution in [3.05, 3.63) is 47.8 Å². The van der Waals surface area contributed by atoms with Crippen LogP contribution in [0.5, 0.6) is 0 Å². The number of hydrogen-bond donors (Lipinski definition) is 0. The van der Waals surface area contributed by atoms with Crippen LogP contribution in [0.25, 0.3) is 0 Å². The van der Waals surface area contributed by atoms with Crippen LogP contribution < -0.4 is 0 Å². The molecular formula is C12H11FO. The molecule has 0 atom stereocenters. The van der Waals surface area contributed by atoms with Crippen molar-refractivity contribution >= 4 is 0 Å². The van der Waals surface area contributed by atoms with E-state index in [0.29, 0.717) is 6.61 Å². The summed E-state index contributed by atoms with van der Waals surface area (Å²) in [5.74, 6) is 5.45. The summed E-state index contributed by atoms with van der Waals surface area (Å²) in [5, 5.41) is 0. The van der Waals surface area contributed by atoms with Gasteiger partial charge in [-0.05, 0) is 30.3 Å². The monoisotopic (exact) mass is 190 g/mol. The Morgan fingerprint density at radius 2 is 2.07 bits per heavy atom. The number of allylic oxidation sites excluding steroid dienone is 1. The zero-order valence-corrected chi connectivity index (χ0v) is 7.96. The van der Waals surface area contributed by atoms with Gasteiger partial charge in [0, 0.05) is 12.7 Å². The van der Waals surface area contributed by atoms with Crippen LogP contribution in [-0.4, -0.2) is 13.7 Å². The minimum Gasteiger partial charge on any atom is -0.381 e. The second-order valence-electron chi connectivity index (χ2n) is 2.63. The molecule has 1 aromatic carbocycles. The predicted octanol–water partition coefficient (Wildman–Crippen LogP) is 2.38. The second kappa shape index (κ2) is 5.95. The lowest BCUT2D eigenvalue weighted by Gasteiger charge is -1.88. The van der Waals surface area contributed by atoms with Crippen LogP contribution in [0.15, 0.2) is 36.4 Å². The zero-order chi connectivity index (χ0) is 10.2. The predicted molar refractivity (Wildman–Crippen MR) is 54.3 cm³/mol. The maximum Gasteiger partial charge on any atom is 0.123 e. The van der Waals surface area contributed by atoms with Crippen molar-refractivity contribution in [2.45, 2.75) is 0 Å². The number of methoxy groups -OCH3 is 1. The molecule has 0 aliphatic rings. The third-order valence-corrected chi connectivity index (χ3v) is 1.52. The van der Waals surface area contributed by atoms with Crippen LogP contribution in [0.1, 0.15) is 5.56 Å². The fourth-order valence-electron chi connectivity index (χ4n) is 0.861. The molecule has 0 aliphatic carbocycles. The smallest absolute Gasteiger partial charge is 0.123 e. The molecule has 0 saturated carbocycles. The van der Waals surface area contributed by atoms with E-state index in [1.807, 2.05) is 6.08 Å². The molecule has 14 heavy (non-hydrogen) atoms. The summed E-state index contributed by atoms with van der Waals surface area (Å²) in [6.45, 7) is 0.554. The molecule has 0 saturated heterocycles. The van der Waals surface area contributed by atoms with Crippen LogP contribution in [0.3, 0.4) is 0 Å². The van der Waals surface area contributed by atoms with Gasteiger partial charge < -0.3 is 4.74 Å². The van der Waals surface area contributed by atoms with Gasteiger partial charge in [0.1, 0.15) is 5.82 Å². The third-order valence-electron chi connectivity index (χ3n) is 1.52. The van der Waals surface area contributed by atoms with E-state index in [2.05, 4.69) is 11.8 Å². The van der Waals surface area contributed by atoms with E-state index in [1.54, 1.807) is 25.3 Å². The van der Waals surface area contributed by atoms with E-state index in [9.17, 15) is 4.39 Å². The highest BCUT2D eigenvalue weighted by Gasteiger charge is 1.87. The summed E-state index contributed by atoms with van der Waals surface area (Å²) in [5.41, 5.74) is 0.800. The molecule has 72 valence electrons. The zero-order valence-electron chi connectivity index (χ0n) is 7.96. The molecule has 0 aromatic heterocycles. The van der Waals surface area contributed by atoms with Crippen LogP contribution in [-0.2, 0) is 4.74 Å². The van der Waals surface area contributed by atoms with E-state index in [1.165, 1.54) is 12.1 Å². The summed E-state index contributed by atoms with van der Waals surface area (Å²) < 4.78 is 17.3. The van der Waals surface area contributed by atoms with Gasteiger partial charge >= 0.3 is 0 Å². The number of hydrogen-bond acceptors (Lipinski definition) is 1. The molecule has 0 N–H and O–H groups in total. The fourth-order valence-corrected chi connectivity index (χ4v) is 0.861. The first-order chi connectivity index (χ1) is 6.83. The highest BCUT2D eigenvalue weighted by atomic mass is 19.1. The summed E-state index contributed by atoms with van der Waals surface area (Å²) >= 11 is 0. The molecule has 0 radical (unpaired) electrons. The fraction of sp³-hybridized carbons (Fsp3) is 0.167. The Morgan fingerprint density at radius 3 is 2.71 bits per heavy atom. The standard InChI is InChI=1S/C12H11FO/c1-14-10-4-2-3-5-11-6-8-12(13)9-7-11/h2,4,6-9H,10H2,1H3/b4-2-. The molecule has 2 heteroatoms. The van der Waals surface area contributed by atoms with Crippen molar-refractivity contribution in [2.75, 3.05) is 13.7 Å². The van der Waals surface area contributed by atoms with Crippen molar-refractivity contribution in [2.24, 2.45) is 0 Å². The Hall–Kier alpha value is -1.59. The molecule has 0 fully saturated rings. The van der Waals surface area contributed by atoms with E-state index in [-0.39, 0.29) is 5.82 Å². The van der Waals surface area contributed by atoms with Crippen molar-refractivity contribution in [3.63, 3.8) is 0 Å². The molecule has 1 aromatic rings. The summed E-state index contributed by atoms with van der Waals surface area (Å²) in [4.78, 5) is 0. The van der Waals surface area contributed by atoms with Gasteiger partial charge in [0.2, 0.25) is 0 Å². The van der Waals surface area contributed by atoms with E-state index >= 15 is 0 Å². The lowest BCUT2D eigenvalue weighted by Crippen LogP contribution is -1.79. The lowest BCUT2D eigenvalue weighted by atomic mass is 10.2. The molecule has 0 unspecified atom stereocenters. The Bertz CT molecular complexity index is 354. The van der Waals surface area contributed by atoms with E-state index in [4.69, 9.17) is 4.74 Å². The molecular weight excluding hydrogens is 179 g/mol. The maximum atomic E-state index is 12.5. The Kier molecular flexibility index (Phi) is 4.46. The van der Waals surface area contributed by atoms with Gasteiger partial charge in [-0.2, -0.15) is 0 Å². The quantitative estimate of drug-likeness (QED) is 0.650. The average Bonchev–Trinajstić information content (AvgIpc) is 2.21. The number of ether oxygens (including phenoxy) is 1. The van der Waals surface area contributed by atoms with E-state index in [0.717, 1.165) is 5.56 Å². The summed E-state index contributed by atoms with van der Waals surface area (Å²) in [6.07, 6.45) is 3.53. The van der Waals surface area contributed by atoms with Gasteiger partial charge in [-0.15, -0.1) is 0 Å². The normalized spacial score (nSPS) is 9.86. The van der Waals surface area contributed by atoms with Crippen molar-refractivity contribution in [1.29, 1.82) is 0 Å². The molecule has 0 spiro atoms. The van der Waals surface area contributed by atoms with Gasteiger partial charge in [0.25, 0.3) is 0 Å². The molecule has 1 rings (SSSR count). The average molecular weight is 190 g/mol. The molecule has 0 bridgehead atoms. The largest absolute Gasteiger partial charge is 0.381 e. The molecule has 0 amide bonds. The minimum absolute atomic E-state index is 0.245. The van der Waals surface area contributed by atoms with Crippen molar-refractivity contribution in [1.82, 2.24) is 0 Å². The van der Waals surface area contributed by atoms with Gasteiger partial charge in [-0.25, -0.2) is 4.39 Å². The number of rotatable bonds is 2. The minimum atomic E-state index is -0.245. The van der Waals surface area contributed by atoms with E-state index < -0.39 is 0 Å². The first kappa shape index (κ1) is 10.5. The lowest BCUT2D eigenvalue weighted by molar-refractivity contribution is 0.234. The topological polar surface area (TPSA) is 9.23 Å². The molecule has 1 nitrogen and oxygen atoms in total. The molecule has 0 aliphatic heterocycles. The van der Waals surface area contributed by atoms with Gasteiger partial charge in [-0.3, -0.25) is 0 Å². The van der Waals surface area contributed by atoms with Crippen molar-refractivity contribution < 1.29 is 9.13 Å². The highest BCUT2D eigenvalue weighted by molar-refractivity contribution is 5.36. The number of halogens is 1. The van der Waals surface area contributed by atoms with Gasteiger partial charge in [0.05, 0.1) is 6.61 Å². The van der Waals surface area contributed by atoms with Crippen LogP contribution in [0.4, 0.5) is 4.39 Å². The third kappa shape index (κ3) is 3.88. The second-order valence-corrected chi connectivity index (χ2v) is 2.63. The van der Waals surface area contributed by atoms with Crippen LogP contribution in [0, 0.1) is 17.7 Å². The van der Waals surface area contributed by atoms with Crippen LogP contribution >= 0.6 is 0 Å². The highest BCUT2D eigenvalue weighted by Crippen LogP contribution is 2.00.